The summed E-state index contributed by atoms with van der Waals surface area (Å²) in [4.78, 5) is 25.7. The minimum absolute atomic E-state index is 0.0204. The van der Waals surface area contributed by atoms with E-state index in [-0.39, 0.29) is 17.5 Å². The van der Waals surface area contributed by atoms with Crippen LogP contribution in [0.3, 0.4) is 0 Å². The first-order chi connectivity index (χ1) is 12.1. The number of ketones is 2. The van der Waals surface area contributed by atoms with Gasteiger partial charge in [0.1, 0.15) is 0 Å². The molecule has 0 radical (unpaired) electrons. The van der Waals surface area contributed by atoms with Gasteiger partial charge < -0.3 is 0 Å². The van der Waals surface area contributed by atoms with Gasteiger partial charge >= 0.3 is 0 Å². The fourth-order valence-electron chi connectivity index (χ4n) is 3.26. The summed E-state index contributed by atoms with van der Waals surface area (Å²) in [5.41, 5.74) is 2.12. The van der Waals surface area contributed by atoms with Gasteiger partial charge in [-0.1, -0.05) is 68.3 Å². The Balaban J connectivity index is 1.83. The standard InChI is InChI=1S/C21H18Br2O2/c22-18-11-5-3-9-16(18)20(24)13-14-7-1-2-8-15(14)21(25)17-10-4-6-12-19(17)23/h3-6,8-12,14H,1-2,7,13H2/t14-/m0/s1. The highest BCUT2D eigenvalue weighted by molar-refractivity contribution is 9.10. The summed E-state index contributed by atoms with van der Waals surface area (Å²) in [6.45, 7) is 0. The van der Waals surface area contributed by atoms with E-state index in [2.05, 4.69) is 31.9 Å². The third-order valence-electron chi connectivity index (χ3n) is 4.55. The monoisotopic (exact) mass is 460 g/mol. The predicted octanol–water partition coefficient (Wildman–Crippen LogP) is 6.39. The molecule has 3 rings (SSSR count). The topological polar surface area (TPSA) is 34.1 Å². The molecular formula is C21H18Br2O2. The molecule has 128 valence electrons. The zero-order chi connectivity index (χ0) is 17.8. The lowest BCUT2D eigenvalue weighted by Crippen LogP contribution is -2.20. The zero-order valence-corrected chi connectivity index (χ0v) is 16.8. The molecule has 0 N–H and O–H groups in total. The van der Waals surface area contributed by atoms with Crippen LogP contribution in [0.15, 0.2) is 69.1 Å². The molecule has 2 nitrogen and oxygen atoms in total. The molecule has 2 aromatic carbocycles. The van der Waals surface area contributed by atoms with Crippen LogP contribution >= 0.6 is 31.9 Å². The third kappa shape index (κ3) is 4.18. The van der Waals surface area contributed by atoms with E-state index in [0.717, 1.165) is 33.8 Å². The van der Waals surface area contributed by atoms with Crippen LogP contribution in [0, 0.1) is 5.92 Å². The Morgan fingerprint density at radius 3 is 2.16 bits per heavy atom. The molecule has 2 aromatic rings. The number of hydrogen-bond donors (Lipinski definition) is 0. The van der Waals surface area contributed by atoms with Crippen LogP contribution in [-0.4, -0.2) is 11.6 Å². The van der Waals surface area contributed by atoms with E-state index in [1.807, 2.05) is 54.6 Å². The lowest BCUT2D eigenvalue weighted by Gasteiger charge is -2.23. The Bertz CT molecular complexity index is 839. The number of carbonyl (C=O) groups is 2. The largest absolute Gasteiger partial charge is 0.294 e. The number of carbonyl (C=O) groups excluding carboxylic acids is 2. The molecule has 0 fully saturated rings. The number of hydrogen-bond acceptors (Lipinski definition) is 2. The second kappa shape index (κ2) is 8.24. The van der Waals surface area contributed by atoms with Crippen molar-refractivity contribution in [1.82, 2.24) is 0 Å². The molecule has 0 bridgehead atoms. The summed E-state index contributed by atoms with van der Waals surface area (Å²) in [7, 11) is 0. The van der Waals surface area contributed by atoms with Crippen molar-refractivity contribution in [2.45, 2.75) is 25.7 Å². The Morgan fingerprint density at radius 2 is 1.52 bits per heavy atom. The van der Waals surface area contributed by atoms with Gasteiger partial charge in [0.25, 0.3) is 0 Å². The van der Waals surface area contributed by atoms with Crippen molar-refractivity contribution in [3.63, 3.8) is 0 Å². The van der Waals surface area contributed by atoms with Crippen LogP contribution in [0.4, 0.5) is 0 Å². The first-order valence-corrected chi connectivity index (χ1v) is 9.93. The summed E-state index contributed by atoms with van der Waals surface area (Å²) < 4.78 is 1.60. The average molecular weight is 462 g/mol. The number of Topliss-reactive ketones (excluding diaryl/α,β-unsaturated/α-hetero) is 2. The van der Waals surface area contributed by atoms with Crippen LogP contribution in [0.2, 0.25) is 0 Å². The highest BCUT2D eigenvalue weighted by Gasteiger charge is 2.28. The lowest BCUT2D eigenvalue weighted by molar-refractivity contribution is 0.0953. The molecule has 0 saturated heterocycles. The van der Waals surface area contributed by atoms with Gasteiger partial charge in [-0.2, -0.15) is 0 Å². The van der Waals surface area contributed by atoms with Gasteiger partial charge in [-0.25, -0.2) is 0 Å². The summed E-state index contributed by atoms with van der Waals surface area (Å²) in [5, 5.41) is 0. The summed E-state index contributed by atoms with van der Waals surface area (Å²) in [6, 6.07) is 14.9. The molecule has 0 unspecified atom stereocenters. The van der Waals surface area contributed by atoms with Crippen molar-refractivity contribution in [3.8, 4) is 0 Å². The molecule has 1 aliphatic carbocycles. The maximum atomic E-state index is 13.0. The van der Waals surface area contributed by atoms with Gasteiger partial charge in [0.15, 0.2) is 11.6 Å². The fourth-order valence-corrected chi connectivity index (χ4v) is 4.23. The molecule has 1 aliphatic rings. The third-order valence-corrected chi connectivity index (χ3v) is 5.93. The predicted molar refractivity (Wildman–Crippen MR) is 107 cm³/mol. The minimum Gasteiger partial charge on any atom is -0.294 e. The summed E-state index contributed by atoms with van der Waals surface area (Å²) in [6.07, 6.45) is 5.16. The Labute approximate surface area is 164 Å². The molecule has 0 aliphatic heterocycles. The highest BCUT2D eigenvalue weighted by Crippen LogP contribution is 2.33. The van der Waals surface area contributed by atoms with Crippen LogP contribution in [0.25, 0.3) is 0 Å². The fraction of sp³-hybridized carbons (Fsp3) is 0.238. The van der Waals surface area contributed by atoms with Crippen LogP contribution < -0.4 is 0 Å². The lowest BCUT2D eigenvalue weighted by atomic mass is 9.80. The number of rotatable bonds is 5. The van der Waals surface area contributed by atoms with Gasteiger partial charge in [0.05, 0.1) is 0 Å². The SMILES string of the molecule is O=C(C[C@@H]1CCCC=C1C(=O)c1ccccc1Br)c1ccccc1Br. The maximum Gasteiger partial charge on any atom is 0.190 e. The van der Waals surface area contributed by atoms with E-state index in [1.54, 1.807) is 0 Å². The zero-order valence-electron chi connectivity index (χ0n) is 13.7. The molecular weight excluding hydrogens is 444 g/mol. The van der Waals surface area contributed by atoms with Crippen molar-refractivity contribution < 1.29 is 9.59 Å². The molecule has 0 amide bonds. The molecule has 4 heteroatoms. The van der Waals surface area contributed by atoms with E-state index >= 15 is 0 Å². The van der Waals surface area contributed by atoms with Crippen LogP contribution in [0.5, 0.6) is 0 Å². The van der Waals surface area contributed by atoms with Gasteiger partial charge in [-0.05, 0) is 49.0 Å². The van der Waals surface area contributed by atoms with Crippen molar-refractivity contribution in [1.29, 1.82) is 0 Å². The van der Waals surface area contributed by atoms with Crippen molar-refractivity contribution in [2.75, 3.05) is 0 Å². The number of allylic oxidation sites excluding steroid dienone is 2. The molecule has 0 saturated carbocycles. The molecule has 0 spiro atoms. The molecule has 0 heterocycles. The van der Waals surface area contributed by atoms with Gasteiger partial charge in [-0.15, -0.1) is 0 Å². The summed E-state index contributed by atoms with van der Waals surface area (Å²) >= 11 is 6.90. The van der Waals surface area contributed by atoms with Crippen molar-refractivity contribution >= 4 is 43.4 Å². The quantitative estimate of drug-likeness (QED) is 0.483. The minimum atomic E-state index is -0.0204. The normalized spacial score (nSPS) is 17.0. The smallest absolute Gasteiger partial charge is 0.190 e. The Kier molecular flexibility index (Phi) is 6.02. The summed E-state index contributed by atoms with van der Waals surface area (Å²) in [5.74, 6) is 0.0790. The van der Waals surface area contributed by atoms with Gasteiger partial charge in [-0.3, -0.25) is 9.59 Å². The molecule has 25 heavy (non-hydrogen) atoms. The van der Waals surface area contributed by atoms with E-state index in [9.17, 15) is 9.59 Å². The van der Waals surface area contributed by atoms with E-state index in [0.29, 0.717) is 17.5 Å². The van der Waals surface area contributed by atoms with E-state index in [1.165, 1.54) is 0 Å². The number of benzene rings is 2. The Morgan fingerprint density at radius 1 is 0.920 bits per heavy atom. The average Bonchev–Trinajstić information content (AvgIpc) is 2.62. The molecule has 0 aromatic heterocycles. The van der Waals surface area contributed by atoms with Gasteiger partial charge in [0.2, 0.25) is 0 Å². The first kappa shape index (κ1) is 18.3. The van der Waals surface area contributed by atoms with E-state index < -0.39 is 0 Å². The van der Waals surface area contributed by atoms with Crippen molar-refractivity contribution in [2.24, 2.45) is 5.92 Å². The molecule has 1 atom stereocenters. The first-order valence-electron chi connectivity index (χ1n) is 8.35. The number of halogens is 2. The maximum absolute atomic E-state index is 13.0. The van der Waals surface area contributed by atoms with Gasteiger partial charge in [0, 0.05) is 26.5 Å². The van der Waals surface area contributed by atoms with E-state index in [4.69, 9.17) is 0 Å². The van der Waals surface area contributed by atoms with Crippen molar-refractivity contribution in [3.05, 3.63) is 80.3 Å². The van der Waals surface area contributed by atoms with Crippen LogP contribution in [-0.2, 0) is 0 Å². The Hall–Kier alpha value is -1.52. The van der Waals surface area contributed by atoms with Crippen LogP contribution in [0.1, 0.15) is 46.4 Å². The highest BCUT2D eigenvalue weighted by atomic mass is 79.9. The second-order valence-electron chi connectivity index (χ2n) is 6.20. The second-order valence-corrected chi connectivity index (χ2v) is 7.91.